The summed E-state index contributed by atoms with van der Waals surface area (Å²) in [6.07, 6.45) is 6.26. The molecule has 1 aliphatic rings. The minimum absolute atomic E-state index is 0.0767. The predicted octanol–water partition coefficient (Wildman–Crippen LogP) is 5.79. The maximum absolute atomic E-state index is 13.5. The molecule has 2 unspecified atom stereocenters. The molecule has 1 aromatic carbocycles. The molecule has 0 spiro atoms. The van der Waals surface area contributed by atoms with Crippen molar-refractivity contribution in [2.75, 3.05) is 13.2 Å². The predicted molar refractivity (Wildman–Crippen MR) is 108 cm³/mol. The van der Waals surface area contributed by atoms with Crippen LogP contribution in [0.3, 0.4) is 0 Å². The second-order valence-corrected chi connectivity index (χ2v) is 7.95. The van der Waals surface area contributed by atoms with Crippen LogP contribution in [-0.4, -0.2) is 30.1 Å². The molecular weight excluding hydrogens is 346 g/mol. The van der Waals surface area contributed by atoms with Gasteiger partial charge < -0.3 is 9.64 Å². The average molecular weight is 378 g/mol. The molecule has 1 aliphatic heterocycles. The number of nitrogens with zero attached hydrogens (tertiary/aromatic N) is 1. The van der Waals surface area contributed by atoms with Gasteiger partial charge in [-0.2, -0.15) is 0 Å². The molecule has 4 heteroatoms. The quantitative estimate of drug-likeness (QED) is 0.402. The third-order valence-electron chi connectivity index (χ3n) is 5.43. The first-order valence-corrected chi connectivity index (χ1v) is 10.1. The van der Waals surface area contributed by atoms with E-state index in [1.54, 1.807) is 0 Å². The van der Waals surface area contributed by atoms with E-state index in [0.717, 1.165) is 42.9 Å². The minimum Gasteiger partial charge on any atom is -0.379 e. The Morgan fingerprint density at radius 2 is 2.08 bits per heavy atom. The largest absolute Gasteiger partial charge is 0.379 e. The Morgan fingerprint density at radius 1 is 1.38 bits per heavy atom. The summed E-state index contributed by atoms with van der Waals surface area (Å²) in [5.41, 5.74) is 0.778. The second-order valence-electron chi connectivity index (χ2n) is 7.51. The fraction of sp³-hybridized carbons (Fsp3) is 0.591. The van der Waals surface area contributed by atoms with E-state index in [-0.39, 0.29) is 23.4 Å². The summed E-state index contributed by atoms with van der Waals surface area (Å²) in [5, 5.41) is 0.720. The Kier molecular flexibility index (Phi) is 7.72. The number of allylic oxidation sites excluding steroid dienone is 1. The highest BCUT2D eigenvalue weighted by atomic mass is 35.5. The Bertz CT molecular complexity index is 601. The number of rotatable bonds is 9. The van der Waals surface area contributed by atoms with Crippen LogP contribution in [-0.2, 0) is 9.53 Å². The van der Waals surface area contributed by atoms with Crippen LogP contribution in [0.25, 0.3) is 0 Å². The molecule has 0 N–H and O–H groups in total. The molecule has 26 heavy (non-hydrogen) atoms. The Morgan fingerprint density at radius 3 is 2.65 bits per heavy atom. The number of halogens is 1. The third-order valence-corrected chi connectivity index (χ3v) is 5.68. The second kappa shape index (κ2) is 9.57. The monoisotopic (exact) mass is 377 g/mol. The fourth-order valence-corrected chi connectivity index (χ4v) is 3.98. The van der Waals surface area contributed by atoms with Crippen LogP contribution in [0.1, 0.15) is 64.5 Å². The van der Waals surface area contributed by atoms with E-state index in [1.165, 1.54) is 0 Å². The molecule has 1 heterocycles. The fourth-order valence-electron chi connectivity index (χ4n) is 3.85. The molecule has 0 saturated carbocycles. The van der Waals surface area contributed by atoms with Crippen LogP contribution in [0, 0.1) is 5.41 Å². The zero-order valence-corrected chi connectivity index (χ0v) is 17.1. The lowest BCUT2D eigenvalue weighted by Gasteiger charge is -2.48. The molecular formula is C22H32ClNO2. The zero-order chi connectivity index (χ0) is 19.2. The standard InChI is InChI=1S/C22H32ClNO2/c1-5-13-22(4)14-12-20(17-8-10-18(23)11-9-17)24(21(22)25)19(7-3)16-26-15-6-2/h5,8-11,19-20H,1,6-7,12-16H2,2-4H3/t19?,20-,22?/m0/s1. The van der Waals surface area contributed by atoms with Gasteiger partial charge in [-0.15, -0.1) is 6.58 Å². The molecule has 0 aliphatic carbocycles. The van der Waals surface area contributed by atoms with E-state index < -0.39 is 0 Å². The van der Waals surface area contributed by atoms with Gasteiger partial charge in [0.1, 0.15) is 0 Å². The van der Waals surface area contributed by atoms with Crippen molar-refractivity contribution >= 4 is 17.5 Å². The summed E-state index contributed by atoms with van der Waals surface area (Å²) in [5.74, 6) is 0.218. The summed E-state index contributed by atoms with van der Waals surface area (Å²) in [6, 6.07) is 8.07. The van der Waals surface area contributed by atoms with Crippen molar-refractivity contribution in [1.82, 2.24) is 4.90 Å². The number of carbonyl (C=O) groups is 1. The number of benzene rings is 1. The topological polar surface area (TPSA) is 29.5 Å². The van der Waals surface area contributed by atoms with Gasteiger partial charge in [0.15, 0.2) is 0 Å². The van der Waals surface area contributed by atoms with Crippen LogP contribution in [0.2, 0.25) is 5.02 Å². The Labute approximate surface area is 163 Å². The normalized spacial score (nSPS) is 24.5. The van der Waals surface area contributed by atoms with Crippen molar-refractivity contribution in [2.45, 2.75) is 65.0 Å². The summed E-state index contributed by atoms with van der Waals surface area (Å²) < 4.78 is 5.83. The summed E-state index contributed by atoms with van der Waals surface area (Å²) in [6.45, 7) is 11.5. The molecule has 3 nitrogen and oxygen atoms in total. The lowest BCUT2D eigenvalue weighted by atomic mass is 9.74. The van der Waals surface area contributed by atoms with Gasteiger partial charge in [-0.25, -0.2) is 0 Å². The number of piperidine rings is 1. The van der Waals surface area contributed by atoms with Crippen LogP contribution in [0.4, 0.5) is 0 Å². The van der Waals surface area contributed by atoms with Gasteiger partial charge in [-0.3, -0.25) is 4.79 Å². The highest BCUT2D eigenvalue weighted by Crippen LogP contribution is 2.44. The number of ether oxygens (including phenoxy) is 1. The summed E-state index contributed by atoms with van der Waals surface area (Å²) in [7, 11) is 0. The van der Waals surface area contributed by atoms with Crippen molar-refractivity contribution in [3.8, 4) is 0 Å². The van der Waals surface area contributed by atoms with Crippen molar-refractivity contribution in [3.63, 3.8) is 0 Å². The Hall–Kier alpha value is -1.32. The van der Waals surface area contributed by atoms with E-state index in [9.17, 15) is 4.79 Å². The molecule has 0 bridgehead atoms. The molecule has 1 aromatic rings. The minimum atomic E-state index is -0.372. The number of hydrogen-bond acceptors (Lipinski definition) is 2. The molecule has 0 aromatic heterocycles. The third kappa shape index (κ3) is 4.69. The van der Waals surface area contributed by atoms with E-state index in [1.807, 2.05) is 30.3 Å². The van der Waals surface area contributed by atoms with Crippen LogP contribution in [0.5, 0.6) is 0 Å². The molecule has 2 rings (SSSR count). The maximum atomic E-state index is 13.5. The highest BCUT2D eigenvalue weighted by Gasteiger charge is 2.45. The zero-order valence-electron chi connectivity index (χ0n) is 16.3. The van der Waals surface area contributed by atoms with Crippen molar-refractivity contribution in [2.24, 2.45) is 5.41 Å². The van der Waals surface area contributed by atoms with Crippen LogP contribution in [0.15, 0.2) is 36.9 Å². The first kappa shape index (κ1) is 21.0. The van der Waals surface area contributed by atoms with Gasteiger partial charge in [0, 0.05) is 11.6 Å². The van der Waals surface area contributed by atoms with Gasteiger partial charge >= 0.3 is 0 Å². The summed E-state index contributed by atoms with van der Waals surface area (Å²) in [4.78, 5) is 15.6. The molecule has 1 amide bonds. The van der Waals surface area contributed by atoms with Crippen LogP contribution < -0.4 is 0 Å². The number of hydrogen-bond donors (Lipinski definition) is 0. The molecule has 1 saturated heterocycles. The van der Waals surface area contributed by atoms with Gasteiger partial charge in [0.2, 0.25) is 5.91 Å². The van der Waals surface area contributed by atoms with Gasteiger partial charge in [-0.1, -0.05) is 50.6 Å². The highest BCUT2D eigenvalue weighted by molar-refractivity contribution is 6.30. The lowest BCUT2D eigenvalue weighted by molar-refractivity contribution is -0.154. The SMILES string of the molecule is C=CCC1(C)CC[C@@H](c2ccc(Cl)cc2)N(C(CC)COCCC)C1=O. The molecule has 1 fully saturated rings. The van der Waals surface area contributed by atoms with E-state index in [4.69, 9.17) is 16.3 Å². The van der Waals surface area contributed by atoms with Gasteiger partial charge in [0.05, 0.1) is 24.1 Å². The number of likely N-dealkylation sites (tertiary alicyclic amines) is 1. The molecule has 0 radical (unpaired) electrons. The molecule has 3 atom stereocenters. The van der Waals surface area contributed by atoms with E-state index in [0.29, 0.717) is 13.0 Å². The van der Waals surface area contributed by atoms with E-state index >= 15 is 0 Å². The maximum Gasteiger partial charge on any atom is 0.229 e. The molecule has 144 valence electrons. The number of amides is 1. The number of carbonyl (C=O) groups excluding carboxylic acids is 1. The van der Waals surface area contributed by atoms with Gasteiger partial charge in [0.25, 0.3) is 0 Å². The lowest BCUT2D eigenvalue weighted by Crippen LogP contribution is -2.54. The first-order chi connectivity index (χ1) is 12.5. The smallest absolute Gasteiger partial charge is 0.229 e. The van der Waals surface area contributed by atoms with Crippen molar-refractivity contribution in [1.29, 1.82) is 0 Å². The van der Waals surface area contributed by atoms with Gasteiger partial charge in [-0.05, 0) is 49.8 Å². The van der Waals surface area contributed by atoms with Crippen molar-refractivity contribution in [3.05, 3.63) is 47.5 Å². The van der Waals surface area contributed by atoms with Crippen LogP contribution >= 0.6 is 11.6 Å². The van der Waals surface area contributed by atoms with E-state index in [2.05, 4.69) is 32.3 Å². The average Bonchev–Trinajstić information content (AvgIpc) is 2.63. The summed E-state index contributed by atoms with van der Waals surface area (Å²) >= 11 is 6.06. The Balaban J connectivity index is 2.34. The first-order valence-electron chi connectivity index (χ1n) is 9.73. The van der Waals surface area contributed by atoms with Crippen molar-refractivity contribution < 1.29 is 9.53 Å².